The summed E-state index contributed by atoms with van der Waals surface area (Å²) in [5, 5.41) is 0. The van der Waals surface area contributed by atoms with Crippen molar-refractivity contribution in [1.82, 2.24) is 0 Å². The summed E-state index contributed by atoms with van der Waals surface area (Å²) in [6, 6.07) is 0. The van der Waals surface area contributed by atoms with Crippen LogP contribution in [0.4, 0.5) is 0 Å². The summed E-state index contributed by atoms with van der Waals surface area (Å²) in [6.45, 7) is 0. The summed E-state index contributed by atoms with van der Waals surface area (Å²) in [6.07, 6.45) is 0. The molecule has 0 amide bonds. The molecule has 0 bridgehead atoms. The average molecular weight is 332 g/mol. The molecule has 0 aromatic carbocycles. The maximum absolute atomic E-state index is 0. The van der Waals surface area contributed by atoms with Crippen LogP contribution in [0.15, 0.2) is 0 Å². The minimum Gasteiger partial charge on any atom is -2.00 e. The van der Waals surface area contributed by atoms with Crippen molar-refractivity contribution in [2.24, 2.45) is 0 Å². The maximum Gasteiger partial charge on any atom is 4.00 e. The van der Waals surface area contributed by atoms with Gasteiger partial charge < -0.3 is 11.0 Å². The van der Waals surface area contributed by atoms with Crippen molar-refractivity contribution in [3.63, 3.8) is 0 Å². The van der Waals surface area contributed by atoms with Gasteiger partial charge in [-0.3, -0.25) is 0 Å². The molecule has 0 aliphatic carbocycles. The van der Waals surface area contributed by atoms with Crippen LogP contribution in [0.5, 0.6) is 0 Å². The van der Waals surface area contributed by atoms with E-state index in [2.05, 4.69) is 0 Å². The Bertz CT molecular complexity index is 9.61. The van der Waals surface area contributed by atoms with Crippen molar-refractivity contribution in [3.05, 3.63) is 0 Å². The van der Waals surface area contributed by atoms with Crippen LogP contribution in [-0.4, -0.2) is 43.4 Å². The number of hydrogen-bond donors (Lipinski definition) is 0. The molecule has 0 saturated carbocycles. The van der Waals surface area contributed by atoms with Gasteiger partial charge in [-0.05, 0) is 0 Å². The van der Waals surface area contributed by atoms with Crippen molar-refractivity contribution in [2.75, 3.05) is 0 Å². The summed E-state index contributed by atoms with van der Waals surface area (Å²) in [5.74, 6) is 0. The van der Waals surface area contributed by atoms with Gasteiger partial charge in [0, 0.05) is 53.1 Å². The van der Waals surface area contributed by atoms with Crippen LogP contribution >= 0.6 is 0 Å². The Labute approximate surface area is 80.6 Å². The van der Waals surface area contributed by atoms with Gasteiger partial charge >= 0.3 is 17.6 Å². The maximum atomic E-state index is 0. The molecule has 0 spiro atoms. The van der Waals surface area contributed by atoms with Gasteiger partial charge in [-0.1, -0.05) is 0 Å². The van der Waals surface area contributed by atoms with E-state index in [1.54, 1.807) is 0 Å². The topological polar surface area (TPSA) is 57.0 Å². The third-order valence-electron chi connectivity index (χ3n) is 0. The molecule has 0 rings (SSSR count). The predicted octanol–water partition coefficient (Wildman–Crippen LogP) is -1.00. The molecule has 2 nitrogen and oxygen atoms in total. The molecular formula is CdGeInO2. The first-order valence-corrected chi connectivity index (χ1v) is 0. The third kappa shape index (κ3) is 22.3. The van der Waals surface area contributed by atoms with Gasteiger partial charge in [0.1, 0.15) is 0 Å². The number of rotatable bonds is 0. The van der Waals surface area contributed by atoms with Crippen molar-refractivity contribution < 1.29 is 38.3 Å². The van der Waals surface area contributed by atoms with E-state index in [9.17, 15) is 0 Å². The van der Waals surface area contributed by atoms with Gasteiger partial charge in [-0.2, -0.15) is 0 Å². The van der Waals surface area contributed by atoms with Gasteiger partial charge in [0.15, 0.2) is 0 Å². The summed E-state index contributed by atoms with van der Waals surface area (Å²) < 4.78 is 0. The van der Waals surface area contributed by atoms with Crippen LogP contribution in [0.3, 0.4) is 0 Å². The zero-order valence-corrected chi connectivity index (χ0v) is 12.0. The fraction of sp³-hybridized carbons (Fsp3) is 0. The van der Waals surface area contributed by atoms with E-state index >= 15 is 0 Å². The van der Waals surface area contributed by atoms with Crippen molar-refractivity contribution >= 4 is 43.4 Å². The van der Waals surface area contributed by atoms with Gasteiger partial charge in [-0.15, -0.1) is 0 Å². The molecule has 0 aliphatic rings. The standard InChI is InChI=1S/Cd.Ge.In.2O/q;+4;;2*-2. The molecule has 0 fully saturated rings. The van der Waals surface area contributed by atoms with E-state index < -0.39 is 0 Å². The fourth-order valence-corrected chi connectivity index (χ4v) is 0. The molecule has 21 valence electrons. The Kier molecular flexibility index (Phi) is 379. The summed E-state index contributed by atoms with van der Waals surface area (Å²) in [7, 11) is 0. The van der Waals surface area contributed by atoms with Crippen LogP contribution < -0.4 is 0 Å². The zero-order valence-electron chi connectivity index (χ0n) is 2.60. The molecule has 3 radical (unpaired) electrons. The van der Waals surface area contributed by atoms with E-state index in [4.69, 9.17) is 0 Å². The molecular weight excluding hydrogens is 332 g/mol. The molecule has 0 aliphatic heterocycles. The first-order valence-electron chi connectivity index (χ1n) is 0. The van der Waals surface area contributed by atoms with Gasteiger partial charge in [-0.25, -0.2) is 0 Å². The van der Waals surface area contributed by atoms with E-state index in [-0.39, 0.29) is 81.7 Å². The second-order valence-electron chi connectivity index (χ2n) is 0. The van der Waals surface area contributed by atoms with Crippen molar-refractivity contribution in [2.45, 2.75) is 0 Å². The molecule has 5 heteroatoms. The summed E-state index contributed by atoms with van der Waals surface area (Å²) in [4.78, 5) is 0. The van der Waals surface area contributed by atoms with Crippen LogP contribution in [0.2, 0.25) is 0 Å². The van der Waals surface area contributed by atoms with Gasteiger partial charge in [0.25, 0.3) is 0 Å². The van der Waals surface area contributed by atoms with Crippen LogP contribution in [0.25, 0.3) is 0 Å². The second kappa shape index (κ2) is 34.0. The van der Waals surface area contributed by atoms with Crippen molar-refractivity contribution in [1.29, 1.82) is 0 Å². The molecule has 0 aromatic rings. The molecule has 0 saturated heterocycles. The molecule has 0 atom stereocenters. The molecule has 0 aromatic heterocycles. The normalized spacial score (nSPS) is 0. The van der Waals surface area contributed by atoms with E-state index in [0.717, 1.165) is 0 Å². The molecule has 5 heavy (non-hydrogen) atoms. The molecule has 0 unspecified atom stereocenters. The first-order chi connectivity index (χ1) is 0. The summed E-state index contributed by atoms with van der Waals surface area (Å²) in [5.41, 5.74) is 0. The first kappa shape index (κ1) is 55.8. The largest absolute Gasteiger partial charge is 4.00 e. The smallest absolute Gasteiger partial charge is 2.00 e. The molecule has 0 heterocycles. The Morgan fingerprint density at radius 3 is 0.800 bits per heavy atom. The van der Waals surface area contributed by atoms with E-state index in [0.29, 0.717) is 0 Å². The van der Waals surface area contributed by atoms with Crippen molar-refractivity contribution in [3.8, 4) is 0 Å². The minimum absolute atomic E-state index is 0. The SMILES string of the molecule is [Cd].[Ge+4].[In].[O-2].[O-2]. The van der Waals surface area contributed by atoms with E-state index in [1.165, 1.54) is 0 Å². The third-order valence-corrected chi connectivity index (χ3v) is 0. The monoisotopic (exact) mass is 335 g/mol. The Morgan fingerprint density at radius 2 is 0.800 bits per heavy atom. The van der Waals surface area contributed by atoms with Gasteiger partial charge in [0.2, 0.25) is 0 Å². The fourth-order valence-electron chi connectivity index (χ4n) is 0. The Hall–Kier alpha value is 2.26. The number of hydrogen-bond acceptors (Lipinski definition) is 0. The Morgan fingerprint density at radius 1 is 0.800 bits per heavy atom. The minimum atomic E-state index is 0. The van der Waals surface area contributed by atoms with Gasteiger partial charge in [0.05, 0.1) is 0 Å². The second-order valence-corrected chi connectivity index (χ2v) is 0. The van der Waals surface area contributed by atoms with Crippen LogP contribution in [0.1, 0.15) is 0 Å². The average Bonchev–Trinajstić information content (AvgIpc) is 0. The summed E-state index contributed by atoms with van der Waals surface area (Å²) >= 11 is 0. The van der Waals surface area contributed by atoms with E-state index in [1.807, 2.05) is 0 Å². The quantitative estimate of drug-likeness (QED) is 0.511. The zero-order chi connectivity index (χ0) is 0. The Balaban J connectivity index is 0. The van der Waals surface area contributed by atoms with Crippen LogP contribution in [0, 0.1) is 0 Å². The molecule has 0 N–H and O–H groups in total. The predicted molar refractivity (Wildman–Crippen MR) is 12.9 cm³/mol. The van der Waals surface area contributed by atoms with Crippen LogP contribution in [-0.2, 0) is 38.3 Å².